The molecule has 0 aromatic heterocycles. The van der Waals surface area contributed by atoms with Crippen molar-refractivity contribution in [1.82, 2.24) is 0 Å². The van der Waals surface area contributed by atoms with Gasteiger partial charge in [0.25, 0.3) is 5.69 Å². The van der Waals surface area contributed by atoms with E-state index in [9.17, 15) is 27.2 Å². The highest BCUT2D eigenvalue weighted by Gasteiger charge is 2.23. The molecule has 1 rings (SSSR count). The number of carbonyl (C=O) groups is 1. The summed E-state index contributed by atoms with van der Waals surface area (Å²) in [6, 6.07) is 1.64. The van der Waals surface area contributed by atoms with Gasteiger partial charge >= 0.3 is 16.2 Å². The molecule has 0 bridgehead atoms. The van der Waals surface area contributed by atoms with Crippen LogP contribution in [0.4, 0.5) is 9.57 Å². The molecular weight excluding hydrogens is 245 g/mol. The van der Waals surface area contributed by atoms with E-state index in [4.69, 9.17) is 5.11 Å². The van der Waals surface area contributed by atoms with Crippen LogP contribution in [0.3, 0.4) is 0 Å². The third-order valence-corrected chi connectivity index (χ3v) is 2.49. The smallest absolute Gasteiger partial charge is 0.342 e. The van der Waals surface area contributed by atoms with Crippen molar-refractivity contribution in [3.05, 3.63) is 33.9 Å². The fourth-order valence-electron chi connectivity index (χ4n) is 0.997. The molecule has 0 atom stereocenters. The Bertz CT molecular complexity index is 566. The van der Waals surface area contributed by atoms with Gasteiger partial charge in [-0.2, -0.15) is 8.42 Å². The maximum Gasteiger partial charge on any atom is 0.342 e. The first-order valence-corrected chi connectivity index (χ1v) is 5.08. The zero-order valence-corrected chi connectivity index (χ0v) is 8.27. The third kappa shape index (κ3) is 2.31. The van der Waals surface area contributed by atoms with Crippen LogP contribution in [0.15, 0.2) is 23.1 Å². The highest BCUT2D eigenvalue weighted by atomic mass is 32.3. The SMILES string of the molecule is O=C(O)c1cc(S(=O)(=O)F)ccc1[N+](=O)[O-]. The summed E-state index contributed by atoms with van der Waals surface area (Å²) in [5.74, 6) is -1.71. The summed E-state index contributed by atoms with van der Waals surface area (Å²) in [7, 11) is -5.09. The first kappa shape index (κ1) is 12.0. The fourth-order valence-corrected chi connectivity index (χ4v) is 1.49. The fraction of sp³-hybridized carbons (Fsp3) is 0. The van der Waals surface area contributed by atoms with Gasteiger partial charge in [-0.1, -0.05) is 0 Å². The van der Waals surface area contributed by atoms with Gasteiger partial charge in [0, 0.05) is 6.07 Å². The number of halogens is 1. The number of nitrogens with zero attached hydrogens (tertiary/aromatic N) is 1. The predicted molar refractivity (Wildman–Crippen MR) is 48.3 cm³/mol. The molecule has 0 unspecified atom stereocenters. The number of aromatic carboxylic acids is 1. The monoisotopic (exact) mass is 249 g/mol. The summed E-state index contributed by atoms with van der Waals surface area (Å²) in [5, 5.41) is 19.0. The first-order valence-electron chi connectivity index (χ1n) is 3.70. The van der Waals surface area contributed by atoms with E-state index >= 15 is 0 Å². The summed E-state index contributed by atoms with van der Waals surface area (Å²) >= 11 is 0. The van der Waals surface area contributed by atoms with Crippen molar-refractivity contribution in [3.8, 4) is 0 Å². The minimum Gasteiger partial charge on any atom is -0.477 e. The van der Waals surface area contributed by atoms with E-state index in [1.165, 1.54) is 0 Å². The second-order valence-corrected chi connectivity index (χ2v) is 4.03. The van der Waals surface area contributed by atoms with Gasteiger partial charge in [-0.05, 0) is 12.1 Å². The van der Waals surface area contributed by atoms with E-state index < -0.39 is 37.3 Å². The quantitative estimate of drug-likeness (QED) is 0.484. The van der Waals surface area contributed by atoms with Crippen LogP contribution in [0.2, 0.25) is 0 Å². The van der Waals surface area contributed by atoms with Crippen LogP contribution in [0, 0.1) is 10.1 Å². The molecule has 0 saturated heterocycles. The molecule has 16 heavy (non-hydrogen) atoms. The number of nitro benzene ring substituents is 1. The van der Waals surface area contributed by atoms with Crippen molar-refractivity contribution < 1.29 is 27.1 Å². The van der Waals surface area contributed by atoms with Gasteiger partial charge in [0.05, 0.1) is 9.82 Å². The maximum absolute atomic E-state index is 12.5. The number of carboxylic acids is 1. The molecule has 1 aromatic rings. The van der Waals surface area contributed by atoms with Crippen molar-refractivity contribution in [2.24, 2.45) is 0 Å². The molecule has 0 spiro atoms. The topological polar surface area (TPSA) is 115 Å². The van der Waals surface area contributed by atoms with Crippen molar-refractivity contribution in [2.45, 2.75) is 4.90 Å². The van der Waals surface area contributed by atoms with Gasteiger partial charge in [-0.15, -0.1) is 3.89 Å². The molecule has 0 aliphatic rings. The lowest BCUT2D eigenvalue weighted by Crippen LogP contribution is -2.04. The lowest BCUT2D eigenvalue weighted by molar-refractivity contribution is -0.385. The van der Waals surface area contributed by atoms with Crippen molar-refractivity contribution in [3.63, 3.8) is 0 Å². The lowest BCUT2D eigenvalue weighted by atomic mass is 10.2. The molecule has 0 fully saturated rings. The summed E-state index contributed by atoms with van der Waals surface area (Å²) < 4.78 is 33.4. The van der Waals surface area contributed by atoms with Crippen LogP contribution in [-0.2, 0) is 10.2 Å². The Labute approximate surface area is 88.5 Å². The molecule has 1 N–H and O–H groups in total. The van der Waals surface area contributed by atoms with E-state index in [-0.39, 0.29) is 0 Å². The average molecular weight is 249 g/mol. The van der Waals surface area contributed by atoms with E-state index in [0.717, 1.165) is 0 Å². The van der Waals surface area contributed by atoms with Crippen LogP contribution in [0.1, 0.15) is 10.4 Å². The van der Waals surface area contributed by atoms with Gasteiger partial charge in [0.2, 0.25) is 0 Å². The van der Waals surface area contributed by atoms with Crippen molar-refractivity contribution >= 4 is 21.9 Å². The van der Waals surface area contributed by atoms with Gasteiger partial charge in [-0.3, -0.25) is 10.1 Å². The van der Waals surface area contributed by atoms with Gasteiger partial charge in [-0.25, -0.2) is 4.79 Å². The molecular formula is C7H4FNO6S. The molecule has 7 nitrogen and oxygen atoms in total. The lowest BCUT2D eigenvalue weighted by Gasteiger charge is -1.99. The largest absolute Gasteiger partial charge is 0.477 e. The number of carboxylic acid groups (broad SMARTS) is 1. The molecule has 9 heteroatoms. The second-order valence-electron chi connectivity index (χ2n) is 2.68. The van der Waals surface area contributed by atoms with Gasteiger partial charge in [0.1, 0.15) is 5.56 Å². The molecule has 0 radical (unpaired) electrons. The molecule has 0 heterocycles. The summed E-state index contributed by atoms with van der Waals surface area (Å²) in [5.41, 5.74) is -1.69. The average Bonchev–Trinajstić information content (AvgIpc) is 2.15. The molecule has 0 amide bonds. The summed E-state index contributed by atoms with van der Waals surface area (Å²) in [6.07, 6.45) is 0. The Morgan fingerprint density at radius 2 is 2.00 bits per heavy atom. The Hall–Kier alpha value is -2.03. The number of nitro groups is 1. The van der Waals surface area contributed by atoms with Gasteiger partial charge < -0.3 is 5.11 Å². The molecule has 0 aliphatic carbocycles. The van der Waals surface area contributed by atoms with Gasteiger partial charge in [0.15, 0.2) is 0 Å². The minimum absolute atomic E-state index is 0.399. The first-order chi connectivity index (χ1) is 7.23. The summed E-state index contributed by atoms with van der Waals surface area (Å²) in [6.45, 7) is 0. The Kier molecular flexibility index (Phi) is 2.90. The zero-order chi connectivity index (χ0) is 12.5. The number of benzene rings is 1. The van der Waals surface area contributed by atoms with Crippen molar-refractivity contribution in [1.29, 1.82) is 0 Å². The van der Waals surface area contributed by atoms with Crippen LogP contribution in [-0.4, -0.2) is 24.4 Å². The molecule has 0 aliphatic heterocycles. The molecule has 86 valence electrons. The number of hydrogen-bond donors (Lipinski definition) is 1. The van der Waals surface area contributed by atoms with E-state index in [2.05, 4.69) is 0 Å². The van der Waals surface area contributed by atoms with Crippen LogP contribution in [0.25, 0.3) is 0 Å². The number of rotatable bonds is 3. The van der Waals surface area contributed by atoms with Crippen LogP contribution in [0.5, 0.6) is 0 Å². The number of hydrogen-bond acceptors (Lipinski definition) is 5. The molecule has 0 saturated carbocycles. The van der Waals surface area contributed by atoms with E-state index in [1.54, 1.807) is 0 Å². The Morgan fingerprint density at radius 3 is 2.38 bits per heavy atom. The van der Waals surface area contributed by atoms with Crippen LogP contribution >= 0.6 is 0 Å². The molecule has 1 aromatic carbocycles. The standard InChI is InChI=1S/C7H4FNO6S/c8-16(14,15)4-1-2-6(9(12)13)5(3-4)7(10)11/h1-3H,(H,10,11). The third-order valence-electron chi connectivity index (χ3n) is 1.68. The summed E-state index contributed by atoms with van der Waals surface area (Å²) in [4.78, 5) is 19.0. The van der Waals surface area contributed by atoms with E-state index in [0.29, 0.717) is 18.2 Å². The Morgan fingerprint density at radius 1 is 1.44 bits per heavy atom. The maximum atomic E-state index is 12.5. The normalized spacial score (nSPS) is 11.1. The highest BCUT2D eigenvalue weighted by molar-refractivity contribution is 7.86. The van der Waals surface area contributed by atoms with Crippen LogP contribution < -0.4 is 0 Å². The van der Waals surface area contributed by atoms with Crippen molar-refractivity contribution in [2.75, 3.05) is 0 Å². The van der Waals surface area contributed by atoms with E-state index in [1.807, 2.05) is 0 Å². The highest BCUT2D eigenvalue weighted by Crippen LogP contribution is 2.23. The zero-order valence-electron chi connectivity index (χ0n) is 7.45. The Balaban J connectivity index is 3.52. The predicted octanol–water partition coefficient (Wildman–Crippen LogP) is 0.951. The second kappa shape index (κ2) is 3.85. The minimum atomic E-state index is -5.09.